The van der Waals surface area contributed by atoms with Crippen molar-refractivity contribution in [1.82, 2.24) is 0 Å². The first-order chi connectivity index (χ1) is 8.24. The Morgan fingerprint density at radius 3 is 2.18 bits per heavy atom. The van der Waals surface area contributed by atoms with Crippen LogP contribution >= 0.6 is 70.1 Å². The second-order valence-electron chi connectivity index (χ2n) is 3.26. The maximum Gasteiger partial charge on any atom is 0.0558 e. The van der Waals surface area contributed by atoms with Gasteiger partial charge in [-0.25, -0.2) is 0 Å². The number of thioether (sulfide) groups is 3. The van der Waals surface area contributed by atoms with E-state index in [-0.39, 0.29) is 17.2 Å². The molecule has 104 valence electrons. The highest BCUT2D eigenvalue weighted by Gasteiger charge is 2.10. The summed E-state index contributed by atoms with van der Waals surface area (Å²) in [4.78, 5) is 0. The zero-order valence-electron chi connectivity index (χ0n) is 9.62. The summed E-state index contributed by atoms with van der Waals surface area (Å²) in [6.45, 7) is 0.211. The van der Waals surface area contributed by atoms with Crippen LogP contribution in [-0.4, -0.2) is 62.9 Å². The van der Waals surface area contributed by atoms with Crippen LogP contribution in [0.4, 0.5) is 0 Å². The minimum atomic E-state index is 0.186. The highest BCUT2D eigenvalue weighted by Crippen LogP contribution is 2.19. The van der Waals surface area contributed by atoms with E-state index < -0.39 is 0 Å². The van der Waals surface area contributed by atoms with Crippen LogP contribution < -0.4 is 0 Å². The maximum atomic E-state index is 9.16. The molecular formula is C10H19Cl3OS3. The van der Waals surface area contributed by atoms with Crippen LogP contribution in [0.5, 0.6) is 0 Å². The molecule has 0 aromatic rings. The quantitative estimate of drug-likeness (QED) is 0.425. The third kappa shape index (κ3) is 12.6. The third-order valence-electron chi connectivity index (χ3n) is 1.76. The van der Waals surface area contributed by atoms with E-state index in [0.717, 1.165) is 28.8 Å². The standard InChI is InChI=1S/C10H19Cl3OS3/c11-1-3-15-6-9(13)7-16-8-10(5-14)17-4-2-12/h9-10,14H,1-8H2. The summed E-state index contributed by atoms with van der Waals surface area (Å²) in [5, 5.41) is 9.62. The van der Waals surface area contributed by atoms with Crippen molar-refractivity contribution in [2.24, 2.45) is 0 Å². The Kier molecular flexibility index (Phi) is 15.9. The largest absolute Gasteiger partial charge is 0.395 e. The number of hydrogen-bond acceptors (Lipinski definition) is 4. The summed E-state index contributed by atoms with van der Waals surface area (Å²) in [5.74, 6) is 5.97. The normalized spacial score (nSPS) is 14.8. The minimum absolute atomic E-state index is 0.186. The molecule has 0 aliphatic heterocycles. The van der Waals surface area contributed by atoms with Gasteiger partial charge in [0.1, 0.15) is 0 Å². The Labute approximate surface area is 132 Å². The van der Waals surface area contributed by atoms with E-state index >= 15 is 0 Å². The van der Waals surface area contributed by atoms with Crippen molar-refractivity contribution in [3.05, 3.63) is 0 Å². The molecule has 1 nitrogen and oxygen atoms in total. The van der Waals surface area contributed by atoms with Crippen molar-refractivity contribution >= 4 is 70.1 Å². The number of aliphatic hydroxyl groups is 1. The van der Waals surface area contributed by atoms with Crippen molar-refractivity contribution in [2.75, 3.05) is 47.1 Å². The van der Waals surface area contributed by atoms with E-state index in [1.165, 1.54) is 0 Å². The fourth-order valence-corrected chi connectivity index (χ4v) is 5.01. The summed E-state index contributed by atoms with van der Waals surface area (Å²) in [5.41, 5.74) is 0. The molecule has 0 aliphatic carbocycles. The Hall–Kier alpha value is 1.88. The molecule has 2 unspecified atom stereocenters. The van der Waals surface area contributed by atoms with Crippen molar-refractivity contribution in [1.29, 1.82) is 0 Å². The first kappa shape index (κ1) is 18.9. The zero-order chi connectivity index (χ0) is 12.9. The van der Waals surface area contributed by atoms with Gasteiger partial charge in [0, 0.05) is 45.8 Å². The molecule has 0 rings (SSSR count). The van der Waals surface area contributed by atoms with Gasteiger partial charge >= 0.3 is 0 Å². The fourth-order valence-electron chi connectivity index (χ4n) is 1.01. The van der Waals surface area contributed by atoms with Crippen LogP contribution in [0.1, 0.15) is 0 Å². The van der Waals surface area contributed by atoms with Crippen molar-refractivity contribution in [2.45, 2.75) is 10.6 Å². The molecule has 0 aromatic carbocycles. The van der Waals surface area contributed by atoms with E-state index in [1.807, 2.05) is 0 Å². The lowest BCUT2D eigenvalue weighted by molar-refractivity contribution is 0.301. The summed E-state index contributed by atoms with van der Waals surface area (Å²) in [6.07, 6.45) is 0. The highest BCUT2D eigenvalue weighted by molar-refractivity contribution is 8.03. The maximum absolute atomic E-state index is 9.16. The van der Waals surface area contributed by atoms with E-state index in [0.29, 0.717) is 11.8 Å². The molecule has 0 saturated heterocycles. The van der Waals surface area contributed by atoms with Crippen molar-refractivity contribution < 1.29 is 5.11 Å². The van der Waals surface area contributed by atoms with Gasteiger partial charge in [0.05, 0.1) is 12.0 Å². The SMILES string of the molecule is OCC(CSCC(Cl)CSCCCl)SCCCl. The Balaban J connectivity index is 3.45. The topological polar surface area (TPSA) is 20.2 Å². The number of halogens is 3. The van der Waals surface area contributed by atoms with Gasteiger partial charge in [0.25, 0.3) is 0 Å². The first-order valence-electron chi connectivity index (χ1n) is 5.38. The van der Waals surface area contributed by atoms with E-state index in [1.54, 1.807) is 35.3 Å². The van der Waals surface area contributed by atoms with Gasteiger partial charge in [0.15, 0.2) is 0 Å². The lowest BCUT2D eigenvalue weighted by atomic mass is 10.5. The molecule has 0 heterocycles. The molecule has 0 aliphatic rings. The van der Waals surface area contributed by atoms with Gasteiger partial charge in [0.2, 0.25) is 0 Å². The van der Waals surface area contributed by atoms with Crippen LogP contribution in [0.3, 0.4) is 0 Å². The molecule has 0 radical (unpaired) electrons. The smallest absolute Gasteiger partial charge is 0.0558 e. The van der Waals surface area contributed by atoms with Crippen molar-refractivity contribution in [3.63, 3.8) is 0 Å². The molecule has 17 heavy (non-hydrogen) atoms. The van der Waals surface area contributed by atoms with Gasteiger partial charge in [-0.2, -0.15) is 35.3 Å². The first-order valence-corrected chi connectivity index (χ1v) is 10.2. The van der Waals surface area contributed by atoms with Gasteiger partial charge in [-0.1, -0.05) is 0 Å². The molecule has 7 heteroatoms. The molecule has 0 spiro atoms. The monoisotopic (exact) mass is 356 g/mol. The summed E-state index contributed by atoms with van der Waals surface area (Å²) < 4.78 is 0. The minimum Gasteiger partial charge on any atom is -0.395 e. The molecule has 0 bridgehead atoms. The number of aliphatic hydroxyl groups excluding tert-OH is 1. The van der Waals surface area contributed by atoms with Gasteiger partial charge in [-0.3, -0.25) is 0 Å². The Morgan fingerprint density at radius 1 is 0.941 bits per heavy atom. The van der Waals surface area contributed by atoms with Crippen LogP contribution in [-0.2, 0) is 0 Å². The summed E-state index contributed by atoms with van der Waals surface area (Å²) >= 11 is 22.7. The molecule has 0 fully saturated rings. The number of alkyl halides is 3. The number of hydrogen-bond donors (Lipinski definition) is 1. The average Bonchev–Trinajstić information content (AvgIpc) is 2.34. The molecule has 2 atom stereocenters. The Bertz CT molecular complexity index is 166. The van der Waals surface area contributed by atoms with Crippen LogP contribution in [0, 0.1) is 0 Å². The zero-order valence-corrected chi connectivity index (χ0v) is 14.3. The molecular weight excluding hydrogens is 339 g/mol. The lowest BCUT2D eigenvalue weighted by Gasteiger charge is -2.14. The van der Waals surface area contributed by atoms with Gasteiger partial charge < -0.3 is 5.11 Å². The van der Waals surface area contributed by atoms with E-state index in [4.69, 9.17) is 39.9 Å². The molecule has 0 saturated carbocycles. The third-order valence-corrected chi connectivity index (χ3v) is 7.10. The predicted molar refractivity (Wildman–Crippen MR) is 89.1 cm³/mol. The second-order valence-corrected chi connectivity index (χ2v) is 8.27. The van der Waals surface area contributed by atoms with Crippen LogP contribution in [0.15, 0.2) is 0 Å². The average molecular weight is 358 g/mol. The van der Waals surface area contributed by atoms with E-state index in [2.05, 4.69) is 0 Å². The van der Waals surface area contributed by atoms with Crippen LogP contribution in [0.2, 0.25) is 0 Å². The summed E-state index contributed by atoms with van der Waals surface area (Å²) in [7, 11) is 0. The molecule has 0 amide bonds. The fraction of sp³-hybridized carbons (Fsp3) is 1.00. The van der Waals surface area contributed by atoms with Gasteiger partial charge in [-0.15, -0.1) is 34.8 Å². The van der Waals surface area contributed by atoms with Crippen LogP contribution in [0.25, 0.3) is 0 Å². The molecule has 0 aromatic heterocycles. The molecule has 1 N–H and O–H groups in total. The van der Waals surface area contributed by atoms with Crippen molar-refractivity contribution in [3.8, 4) is 0 Å². The predicted octanol–water partition coefficient (Wildman–Crippen LogP) is 3.63. The lowest BCUT2D eigenvalue weighted by Crippen LogP contribution is -2.15. The van der Waals surface area contributed by atoms with E-state index in [9.17, 15) is 0 Å². The number of rotatable bonds is 12. The Morgan fingerprint density at radius 2 is 1.59 bits per heavy atom. The summed E-state index contributed by atoms with van der Waals surface area (Å²) in [6, 6.07) is 0. The van der Waals surface area contributed by atoms with Gasteiger partial charge in [-0.05, 0) is 0 Å². The second kappa shape index (κ2) is 14.3. The highest BCUT2D eigenvalue weighted by atomic mass is 35.5.